The SMILES string of the molecule is CC(C)(OC(=O)c1ccccc1)C1Cc2cc3ccc(=O)oc3cc2O1.CCOc1ccc(Cc2nccc3cc(OCC)c(OCC)cc23)cc1OCC.Cl. The highest BCUT2D eigenvalue weighted by Gasteiger charge is 2.40. The van der Waals surface area contributed by atoms with Crippen molar-refractivity contribution in [3.8, 4) is 28.7 Å². The highest BCUT2D eigenvalue weighted by molar-refractivity contribution is 5.90. The van der Waals surface area contributed by atoms with Gasteiger partial charge in [0.1, 0.15) is 23.0 Å². The van der Waals surface area contributed by atoms with Crippen LogP contribution in [0, 0.1) is 0 Å². The first-order valence-electron chi connectivity index (χ1n) is 18.7. The van der Waals surface area contributed by atoms with Crippen molar-refractivity contribution in [3.63, 3.8) is 0 Å². The van der Waals surface area contributed by atoms with Crippen molar-refractivity contribution in [1.29, 1.82) is 0 Å². The molecule has 0 radical (unpaired) electrons. The summed E-state index contributed by atoms with van der Waals surface area (Å²) < 4.78 is 40.0. The third-order valence-corrected chi connectivity index (χ3v) is 9.11. The van der Waals surface area contributed by atoms with Gasteiger partial charge in [0.05, 0.1) is 37.7 Å². The number of halogens is 1. The van der Waals surface area contributed by atoms with E-state index in [2.05, 4.69) is 11.1 Å². The number of fused-ring (bicyclic) bond motifs is 3. The number of hydrogen-bond acceptors (Lipinski definition) is 10. The van der Waals surface area contributed by atoms with Gasteiger partial charge < -0.3 is 32.8 Å². The van der Waals surface area contributed by atoms with Gasteiger partial charge >= 0.3 is 11.6 Å². The molecule has 3 heterocycles. The standard InChI is InChI=1S/C24H29NO4.C21H18O5.ClH/c1-5-26-21-10-9-17(14-22(21)27-6-2)13-20-19-16-24(29-8-4)23(28-7-3)15-18(19)11-12-25-20;1-21(2,26-20(23)13-6-4-3-5-7-13)18-11-15-10-14-8-9-19(22)25-16(14)12-17(15)24-18;/h9-12,14-16H,5-8,13H2,1-4H3;3-10,12,18H,11H2,1-2H3;1H. The average Bonchev–Trinajstić information content (AvgIpc) is 3.60. The smallest absolute Gasteiger partial charge is 0.338 e. The molecule has 1 aliphatic rings. The lowest BCUT2D eigenvalue weighted by Crippen LogP contribution is -2.43. The summed E-state index contributed by atoms with van der Waals surface area (Å²) in [4.78, 5) is 28.4. The minimum atomic E-state index is -0.820. The van der Waals surface area contributed by atoms with Gasteiger partial charge in [0.2, 0.25) is 0 Å². The van der Waals surface area contributed by atoms with Gasteiger partial charge in [-0.2, -0.15) is 0 Å². The summed E-state index contributed by atoms with van der Waals surface area (Å²) >= 11 is 0. The number of ether oxygens (including phenoxy) is 6. The maximum atomic E-state index is 12.4. The summed E-state index contributed by atoms with van der Waals surface area (Å²) in [5.41, 5.74) is 2.87. The predicted octanol–water partition coefficient (Wildman–Crippen LogP) is 9.57. The van der Waals surface area contributed by atoms with Crippen LogP contribution in [0.5, 0.6) is 28.7 Å². The van der Waals surface area contributed by atoms with Gasteiger partial charge in [0, 0.05) is 41.9 Å². The normalized spacial score (nSPS) is 13.1. The fraction of sp³-hybridized carbons (Fsp3) is 0.311. The topological polar surface area (TPSA) is 116 Å². The zero-order chi connectivity index (χ0) is 39.0. The van der Waals surface area contributed by atoms with Gasteiger partial charge in [-0.15, -0.1) is 12.4 Å². The Morgan fingerprint density at radius 1 is 0.750 bits per heavy atom. The van der Waals surface area contributed by atoms with Gasteiger partial charge in [-0.1, -0.05) is 24.3 Å². The Kier molecular flexibility index (Phi) is 13.9. The Bertz CT molecular complexity index is 2320. The van der Waals surface area contributed by atoms with Crippen LogP contribution in [-0.2, 0) is 17.6 Å². The number of pyridine rings is 1. The third-order valence-electron chi connectivity index (χ3n) is 9.11. The van der Waals surface area contributed by atoms with Crippen LogP contribution in [0.25, 0.3) is 21.7 Å². The monoisotopic (exact) mass is 781 g/mol. The van der Waals surface area contributed by atoms with E-state index in [0.29, 0.717) is 56.2 Å². The molecule has 7 rings (SSSR count). The number of carbonyl (C=O) groups is 1. The van der Waals surface area contributed by atoms with Crippen LogP contribution in [0.3, 0.4) is 0 Å². The van der Waals surface area contributed by atoms with E-state index >= 15 is 0 Å². The Hall–Kier alpha value is -5.74. The molecular weight excluding hydrogens is 734 g/mol. The molecule has 0 bridgehead atoms. The van der Waals surface area contributed by atoms with Crippen molar-refractivity contribution in [3.05, 3.63) is 130 Å². The van der Waals surface area contributed by atoms with Gasteiger partial charge in [-0.05, 0) is 113 Å². The highest BCUT2D eigenvalue weighted by Crippen LogP contribution is 2.38. The molecule has 1 unspecified atom stereocenters. The van der Waals surface area contributed by atoms with Crippen LogP contribution < -0.4 is 29.3 Å². The molecule has 0 N–H and O–H groups in total. The molecule has 0 saturated heterocycles. The van der Waals surface area contributed by atoms with Crippen LogP contribution in [0.2, 0.25) is 0 Å². The maximum Gasteiger partial charge on any atom is 0.338 e. The molecule has 294 valence electrons. The van der Waals surface area contributed by atoms with Crippen molar-refractivity contribution in [1.82, 2.24) is 4.98 Å². The van der Waals surface area contributed by atoms with Gasteiger partial charge in [-0.3, -0.25) is 4.98 Å². The van der Waals surface area contributed by atoms with Gasteiger partial charge in [-0.25, -0.2) is 9.59 Å². The lowest BCUT2D eigenvalue weighted by molar-refractivity contribution is -0.0517. The maximum absolute atomic E-state index is 12.4. The van der Waals surface area contributed by atoms with E-state index in [1.165, 1.54) is 6.07 Å². The average molecular weight is 782 g/mol. The molecule has 11 heteroatoms. The van der Waals surface area contributed by atoms with E-state index in [1.807, 2.05) is 90.2 Å². The fourth-order valence-electron chi connectivity index (χ4n) is 6.45. The van der Waals surface area contributed by atoms with Crippen LogP contribution in [-0.4, -0.2) is 49.1 Å². The minimum Gasteiger partial charge on any atom is -0.490 e. The molecular formula is C45H48ClNO9. The van der Waals surface area contributed by atoms with Crippen molar-refractivity contribution in [2.24, 2.45) is 0 Å². The molecule has 0 spiro atoms. The third kappa shape index (κ3) is 9.73. The quantitative estimate of drug-likeness (QED) is 0.0829. The Morgan fingerprint density at radius 2 is 1.41 bits per heavy atom. The molecule has 2 aromatic heterocycles. The number of nitrogens with zero attached hydrogens (tertiary/aromatic N) is 1. The van der Waals surface area contributed by atoms with E-state index in [-0.39, 0.29) is 24.5 Å². The van der Waals surface area contributed by atoms with E-state index < -0.39 is 11.2 Å². The molecule has 0 saturated carbocycles. The van der Waals surface area contributed by atoms with Gasteiger partial charge in [0.15, 0.2) is 23.0 Å². The highest BCUT2D eigenvalue weighted by atomic mass is 35.5. The molecule has 1 atom stereocenters. The van der Waals surface area contributed by atoms with Crippen LogP contribution in [0.15, 0.2) is 106 Å². The Morgan fingerprint density at radius 3 is 2.11 bits per heavy atom. The molecule has 0 fully saturated rings. The first-order chi connectivity index (χ1) is 26.6. The first-order valence-corrected chi connectivity index (χ1v) is 18.7. The number of aromatic nitrogens is 1. The minimum absolute atomic E-state index is 0. The van der Waals surface area contributed by atoms with Gasteiger partial charge in [0.25, 0.3) is 0 Å². The van der Waals surface area contributed by atoms with E-state index in [0.717, 1.165) is 56.0 Å². The number of esters is 1. The molecule has 6 aromatic rings. The summed E-state index contributed by atoms with van der Waals surface area (Å²) in [6, 6.07) is 27.8. The zero-order valence-corrected chi connectivity index (χ0v) is 33.4. The second-order valence-corrected chi connectivity index (χ2v) is 13.4. The molecule has 4 aromatic carbocycles. The van der Waals surface area contributed by atoms with Crippen LogP contribution in [0.1, 0.15) is 68.7 Å². The zero-order valence-electron chi connectivity index (χ0n) is 32.6. The largest absolute Gasteiger partial charge is 0.490 e. The fourth-order valence-corrected chi connectivity index (χ4v) is 6.45. The number of benzene rings is 4. The van der Waals surface area contributed by atoms with E-state index in [4.69, 9.17) is 32.8 Å². The second-order valence-electron chi connectivity index (χ2n) is 13.4. The predicted molar refractivity (Wildman–Crippen MR) is 219 cm³/mol. The second kappa shape index (κ2) is 18.7. The molecule has 0 aliphatic carbocycles. The molecule has 56 heavy (non-hydrogen) atoms. The summed E-state index contributed by atoms with van der Waals surface area (Å²) in [5, 5.41) is 2.98. The summed E-state index contributed by atoms with van der Waals surface area (Å²) in [5.74, 6) is 3.31. The number of hydrogen-bond donors (Lipinski definition) is 0. The van der Waals surface area contributed by atoms with Crippen LogP contribution >= 0.6 is 12.4 Å². The van der Waals surface area contributed by atoms with Crippen molar-refractivity contribution in [2.75, 3.05) is 26.4 Å². The molecule has 10 nitrogen and oxygen atoms in total. The summed E-state index contributed by atoms with van der Waals surface area (Å²) in [6.07, 6.45) is 2.81. The first kappa shape index (κ1) is 41.4. The van der Waals surface area contributed by atoms with Crippen LogP contribution in [0.4, 0.5) is 0 Å². The summed E-state index contributed by atoms with van der Waals surface area (Å²) in [7, 11) is 0. The lowest BCUT2D eigenvalue weighted by Gasteiger charge is -2.30. The van der Waals surface area contributed by atoms with Crippen molar-refractivity contribution in [2.45, 2.75) is 66.1 Å². The van der Waals surface area contributed by atoms with E-state index in [9.17, 15) is 9.59 Å². The van der Waals surface area contributed by atoms with E-state index in [1.54, 1.807) is 36.4 Å². The Labute approximate surface area is 333 Å². The number of carbonyl (C=O) groups excluding carboxylic acids is 1. The molecule has 0 amide bonds. The number of rotatable bonds is 13. The van der Waals surface area contributed by atoms with Crippen molar-refractivity contribution < 1.29 is 37.6 Å². The molecule has 1 aliphatic heterocycles. The Balaban J connectivity index is 0.000000211. The lowest BCUT2D eigenvalue weighted by atomic mass is 9.96. The van der Waals surface area contributed by atoms with Crippen molar-refractivity contribution >= 4 is 40.1 Å². The summed E-state index contributed by atoms with van der Waals surface area (Å²) in [6.45, 7) is 13.9.